The zero-order valence-electron chi connectivity index (χ0n) is 16.0. The molecule has 0 spiro atoms. The van der Waals surface area contributed by atoms with Gasteiger partial charge in [-0.3, -0.25) is 14.2 Å². The van der Waals surface area contributed by atoms with Crippen molar-refractivity contribution in [3.63, 3.8) is 0 Å². The van der Waals surface area contributed by atoms with Crippen LogP contribution in [0.3, 0.4) is 0 Å². The molecule has 3 aromatic rings. The van der Waals surface area contributed by atoms with Crippen molar-refractivity contribution < 1.29 is 4.79 Å². The van der Waals surface area contributed by atoms with Crippen LogP contribution in [0, 0.1) is 11.3 Å². The van der Waals surface area contributed by atoms with Crippen LogP contribution in [-0.2, 0) is 11.3 Å². The molecular weight excluding hydrogens is 404 g/mol. The highest BCUT2D eigenvalue weighted by molar-refractivity contribution is 7.99. The fourth-order valence-electron chi connectivity index (χ4n) is 2.82. The minimum absolute atomic E-state index is 0.110. The Morgan fingerprint density at radius 3 is 2.86 bits per heavy atom. The monoisotopic (exact) mass is 424 g/mol. The molecule has 2 aromatic heterocycles. The molecule has 8 heteroatoms. The first-order valence-electron chi connectivity index (χ1n) is 8.99. The molecule has 3 rings (SSSR count). The number of thiophene rings is 1. The van der Waals surface area contributed by atoms with Crippen LogP contribution in [0.1, 0.15) is 6.42 Å². The number of hydrogen-bond donors (Lipinski definition) is 0. The van der Waals surface area contributed by atoms with Gasteiger partial charge in [-0.15, -0.1) is 17.9 Å². The van der Waals surface area contributed by atoms with E-state index in [4.69, 9.17) is 5.26 Å². The smallest absolute Gasteiger partial charge is 0.263 e. The van der Waals surface area contributed by atoms with Crippen molar-refractivity contribution in [2.45, 2.75) is 18.1 Å². The highest BCUT2D eigenvalue weighted by Gasteiger charge is 2.18. The third-order valence-corrected chi connectivity index (χ3v) is 6.20. The summed E-state index contributed by atoms with van der Waals surface area (Å²) < 4.78 is 1.56. The van der Waals surface area contributed by atoms with Crippen LogP contribution in [0.15, 0.2) is 58.3 Å². The first-order chi connectivity index (χ1) is 14.1. The number of nitriles is 1. The van der Waals surface area contributed by atoms with Crippen LogP contribution in [0.5, 0.6) is 0 Å². The lowest BCUT2D eigenvalue weighted by molar-refractivity contribution is -0.127. The van der Waals surface area contributed by atoms with Gasteiger partial charge in [0.2, 0.25) is 5.91 Å². The molecule has 2 heterocycles. The number of benzene rings is 1. The van der Waals surface area contributed by atoms with Gasteiger partial charge < -0.3 is 4.90 Å². The Labute approximate surface area is 177 Å². The van der Waals surface area contributed by atoms with Gasteiger partial charge in [-0.25, -0.2) is 4.98 Å². The summed E-state index contributed by atoms with van der Waals surface area (Å²) in [6, 6.07) is 11.8. The normalized spacial score (nSPS) is 10.6. The number of fused-ring (bicyclic) bond motifs is 1. The number of carbonyl (C=O) groups is 1. The van der Waals surface area contributed by atoms with Gasteiger partial charge in [0.25, 0.3) is 5.56 Å². The first-order valence-corrected chi connectivity index (χ1v) is 10.9. The molecule has 0 fully saturated rings. The maximum atomic E-state index is 13.3. The predicted molar refractivity (Wildman–Crippen MR) is 118 cm³/mol. The van der Waals surface area contributed by atoms with E-state index in [1.807, 2.05) is 41.8 Å². The Kier molecular flexibility index (Phi) is 6.86. The summed E-state index contributed by atoms with van der Waals surface area (Å²) in [4.78, 5) is 32.4. The summed E-state index contributed by atoms with van der Waals surface area (Å²) in [5.74, 6) is 0.0365. The fraction of sp³-hybridized carbons (Fsp3) is 0.238. The van der Waals surface area contributed by atoms with Crippen molar-refractivity contribution in [1.82, 2.24) is 14.5 Å². The van der Waals surface area contributed by atoms with Gasteiger partial charge in [0.1, 0.15) is 4.83 Å². The molecule has 0 saturated heterocycles. The van der Waals surface area contributed by atoms with E-state index in [0.717, 1.165) is 11.1 Å². The highest BCUT2D eigenvalue weighted by Crippen LogP contribution is 2.32. The molecule has 0 aliphatic carbocycles. The molecular formula is C21H20N4O2S2. The minimum Gasteiger partial charge on any atom is -0.344 e. The van der Waals surface area contributed by atoms with E-state index in [1.54, 1.807) is 17.7 Å². The van der Waals surface area contributed by atoms with Crippen LogP contribution >= 0.6 is 23.1 Å². The van der Waals surface area contributed by atoms with Crippen LogP contribution in [-0.4, -0.2) is 39.7 Å². The number of allylic oxidation sites excluding steroid dienone is 1. The number of carbonyl (C=O) groups excluding carboxylic acids is 1. The fourth-order valence-corrected chi connectivity index (χ4v) is 4.75. The van der Waals surface area contributed by atoms with E-state index in [2.05, 4.69) is 11.6 Å². The molecule has 29 heavy (non-hydrogen) atoms. The molecule has 0 saturated carbocycles. The van der Waals surface area contributed by atoms with Crippen molar-refractivity contribution in [3.05, 3.63) is 58.7 Å². The lowest BCUT2D eigenvalue weighted by atomic mass is 10.1. The second-order valence-corrected chi connectivity index (χ2v) is 8.11. The van der Waals surface area contributed by atoms with E-state index in [9.17, 15) is 9.59 Å². The SMILES string of the molecule is C=CCn1c(SCC(=O)N(C)CCC#N)nc2scc(-c3ccccc3)c2c1=O. The first kappa shape index (κ1) is 20.8. The summed E-state index contributed by atoms with van der Waals surface area (Å²) in [5, 5.41) is 11.7. The summed E-state index contributed by atoms with van der Waals surface area (Å²) in [5.41, 5.74) is 1.70. The molecule has 1 aromatic carbocycles. The number of nitrogens with zero attached hydrogens (tertiary/aromatic N) is 4. The summed E-state index contributed by atoms with van der Waals surface area (Å²) >= 11 is 2.65. The maximum Gasteiger partial charge on any atom is 0.263 e. The van der Waals surface area contributed by atoms with Crippen molar-refractivity contribution in [2.24, 2.45) is 0 Å². The zero-order valence-corrected chi connectivity index (χ0v) is 17.6. The Bertz CT molecular complexity index is 1130. The Morgan fingerprint density at radius 1 is 1.41 bits per heavy atom. The maximum absolute atomic E-state index is 13.3. The molecule has 0 radical (unpaired) electrons. The third kappa shape index (κ3) is 4.58. The topological polar surface area (TPSA) is 79.0 Å². The van der Waals surface area contributed by atoms with Crippen molar-refractivity contribution in [3.8, 4) is 17.2 Å². The Balaban J connectivity index is 1.95. The predicted octanol–water partition coefficient (Wildman–Crippen LogP) is 3.78. The summed E-state index contributed by atoms with van der Waals surface area (Å²) in [6.45, 7) is 4.44. The number of rotatable bonds is 8. The molecule has 0 atom stereocenters. The van der Waals surface area contributed by atoms with Crippen molar-refractivity contribution in [1.29, 1.82) is 5.26 Å². The van der Waals surface area contributed by atoms with Gasteiger partial charge >= 0.3 is 0 Å². The average Bonchev–Trinajstić information content (AvgIpc) is 3.17. The lowest BCUT2D eigenvalue weighted by Gasteiger charge is -2.16. The number of amides is 1. The minimum atomic E-state index is -0.136. The van der Waals surface area contributed by atoms with E-state index in [0.29, 0.717) is 28.5 Å². The Hall–Kier alpha value is -2.89. The van der Waals surface area contributed by atoms with Gasteiger partial charge in [-0.05, 0) is 5.56 Å². The van der Waals surface area contributed by atoms with Crippen LogP contribution in [0.25, 0.3) is 21.3 Å². The highest BCUT2D eigenvalue weighted by atomic mass is 32.2. The van der Waals surface area contributed by atoms with E-state index >= 15 is 0 Å². The lowest BCUT2D eigenvalue weighted by Crippen LogP contribution is -2.29. The largest absolute Gasteiger partial charge is 0.344 e. The van der Waals surface area contributed by atoms with Crippen molar-refractivity contribution >= 4 is 39.2 Å². The standard InChI is InChI=1S/C21H20N4O2S2/c1-3-11-25-20(27)18-16(15-8-5-4-6-9-15)13-28-19(18)23-21(25)29-14-17(26)24(2)12-7-10-22/h3-6,8-9,13H,1,7,11-12,14H2,2H3. The van der Waals surface area contributed by atoms with E-state index in [-0.39, 0.29) is 23.6 Å². The zero-order chi connectivity index (χ0) is 20.8. The number of aromatic nitrogens is 2. The van der Waals surface area contributed by atoms with Gasteiger partial charge in [0, 0.05) is 31.1 Å². The second-order valence-electron chi connectivity index (χ2n) is 6.31. The van der Waals surface area contributed by atoms with E-state index in [1.165, 1.54) is 28.0 Å². The molecule has 6 nitrogen and oxygen atoms in total. The van der Waals surface area contributed by atoms with Crippen molar-refractivity contribution in [2.75, 3.05) is 19.3 Å². The van der Waals surface area contributed by atoms with Crippen LogP contribution in [0.4, 0.5) is 0 Å². The third-order valence-electron chi connectivity index (χ3n) is 4.36. The second kappa shape index (κ2) is 9.54. The number of hydrogen-bond acceptors (Lipinski definition) is 6. The molecule has 0 bridgehead atoms. The average molecular weight is 425 g/mol. The molecule has 0 N–H and O–H groups in total. The van der Waals surface area contributed by atoms with Gasteiger partial charge in [0.05, 0.1) is 23.6 Å². The Morgan fingerprint density at radius 2 is 2.17 bits per heavy atom. The van der Waals surface area contributed by atoms with Gasteiger partial charge in [-0.1, -0.05) is 48.2 Å². The van der Waals surface area contributed by atoms with Crippen LogP contribution < -0.4 is 5.56 Å². The number of thioether (sulfide) groups is 1. The summed E-state index contributed by atoms with van der Waals surface area (Å²) in [6.07, 6.45) is 1.93. The van der Waals surface area contributed by atoms with Crippen LogP contribution in [0.2, 0.25) is 0 Å². The molecule has 0 unspecified atom stereocenters. The molecule has 148 valence electrons. The summed E-state index contributed by atoms with van der Waals surface area (Å²) in [7, 11) is 1.67. The van der Waals surface area contributed by atoms with E-state index < -0.39 is 0 Å². The molecule has 0 aliphatic heterocycles. The molecule has 0 aliphatic rings. The van der Waals surface area contributed by atoms with Gasteiger partial charge in [-0.2, -0.15) is 5.26 Å². The quantitative estimate of drug-likeness (QED) is 0.312. The van der Waals surface area contributed by atoms with Gasteiger partial charge in [0.15, 0.2) is 5.16 Å². The molecule has 1 amide bonds.